The van der Waals surface area contributed by atoms with Crippen LogP contribution in [0.1, 0.15) is 31.9 Å². The monoisotopic (exact) mass is 450 g/mol. The molecule has 170 valence electrons. The van der Waals surface area contributed by atoms with E-state index >= 15 is 0 Å². The number of ether oxygens (including phenoxy) is 3. The third-order valence-corrected chi connectivity index (χ3v) is 6.08. The molecule has 2 aromatic carbocycles. The van der Waals surface area contributed by atoms with Gasteiger partial charge in [-0.05, 0) is 43.7 Å². The quantitative estimate of drug-likeness (QED) is 0.598. The van der Waals surface area contributed by atoms with Gasteiger partial charge in [0, 0.05) is 11.6 Å². The molecular weight excluding hydrogens is 420 g/mol. The maximum absolute atomic E-state index is 13.2. The van der Waals surface area contributed by atoms with Gasteiger partial charge in [-0.15, -0.1) is 0 Å². The molecule has 2 rings (SSSR count). The second kappa shape index (κ2) is 10.4. The predicted octanol–water partition coefficient (Wildman–Crippen LogP) is 3.13. The van der Waals surface area contributed by atoms with Crippen LogP contribution in [0.25, 0.3) is 0 Å². The Labute approximate surface area is 184 Å². The summed E-state index contributed by atoms with van der Waals surface area (Å²) in [6, 6.07) is 10.5. The summed E-state index contributed by atoms with van der Waals surface area (Å²) in [6.07, 6.45) is 1.36. The molecule has 0 fully saturated rings. The molecule has 0 spiro atoms. The highest BCUT2D eigenvalue weighted by Crippen LogP contribution is 2.30. The molecule has 0 radical (unpaired) electrons. The van der Waals surface area contributed by atoms with Crippen molar-refractivity contribution in [3.63, 3.8) is 0 Å². The molecule has 0 saturated carbocycles. The molecule has 0 bridgehead atoms. The lowest BCUT2D eigenvalue weighted by molar-refractivity contribution is -0.122. The first-order chi connectivity index (χ1) is 14.7. The lowest BCUT2D eigenvalue weighted by Crippen LogP contribution is -2.49. The van der Waals surface area contributed by atoms with Gasteiger partial charge in [0.05, 0.1) is 39.3 Å². The fraction of sp³-hybridized carbons (Fsp3) is 0.409. The maximum Gasteiger partial charge on any atom is 0.244 e. The minimum absolute atomic E-state index is 0.276. The number of methoxy groups -OCH3 is 3. The molecule has 31 heavy (non-hydrogen) atoms. The third-order valence-electron chi connectivity index (χ3n) is 4.90. The van der Waals surface area contributed by atoms with Crippen molar-refractivity contribution < 1.29 is 27.4 Å². The Morgan fingerprint density at radius 1 is 1.03 bits per heavy atom. The van der Waals surface area contributed by atoms with Gasteiger partial charge in [-0.1, -0.05) is 13.0 Å². The minimum atomic E-state index is -3.75. The number of nitrogens with one attached hydrogen (secondary N) is 1. The SMILES string of the molecule is CC[C@H](C(=O)N[C@H](C)c1cc(OC)ccc1OC)N(c1cccc(OC)c1)S(C)(=O)=O. The largest absolute Gasteiger partial charge is 0.497 e. The molecule has 1 amide bonds. The van der Waals surface area contributed by atoms with Crippen molar-refractivity contribution in [1.29, 1.82) is 0 Å². The van der Waals surface area contributed by atoms with Gasteiger partial charge in [0.2, 0.25) is 15.9 Å². The van der Waals surface area contributed by atoms with E-state index in [4.69, 9.17) is 14.2 Å². The molecule has 9 heteroatoms. The predicted molar refractivity (Wildman–Crippen MR) is 120 cm³/mol. The first kappa shape index (κ1) is 24.3. The van der Waals surface area contributed by atoms with Gasteiger partial charge in [0.15, 0.2) is 0 Å². The van der Waals surface area contributed by atoms with Crippen molar-refractivity contribution >= 4 is 21.6 Å². The standard InChI is InChI=1S/C22H30N2O6S/c1-7-20(24(31(6,26)27)16-9-8-10-17(13-16)28-3)22(25)23-15(2)19-14-18(29-4)11-12-21(19)30-5/h8-15,20H,7H2,1-6H3,(H,23,25)/t15-,20-/m1/s1. The maximum atomic E-state index is 13.2. The van der Waals surface area contributed by atoms with Crippen molar-refractivity contribution in [2.45, 2.75) is 32.4 Å². The van der Waals surface area contributed by atoms with Crippen LogP contribution in [0.3, 0.4) is 0 Å². The summed E-state index contributed by atoms with van der Waals surface area (Å²) in [7, 11) is 0.846. The molecule has 0 aliphatic heterocycles. The molecular formula is C22H30N2O6S. The van der Waals surface area contributed by atoms with Crippen LogP contribution in [0.5, 0.6) is 17.2 Å². The number of hydrogen-bond donors (Lipinski definition) is 1. The van der Waals surface area contributed by atoms with Crippen LogP contribution in [-0.4, -0.2) is 48.0 Å². The summed E-state index contributed by atoms with van der Waals surface area (Å²) >= 11 is 0. The van der Waals surface area contributed by atoms with Crippen molar-refractivity contribution in [1.82, 2.24) is 5.32 Å². The lowest BCUT2D eigenvalue weighted by atomic mass is 10.1. The van der Waals surface area contributed by atoms with Crippen LogP contribution >= 0.6 is 0 Å². The summed E-state index contributed by atoms with van der Waals surface area (Å²) in [4.78, 5) is 13.2. The van der Waals surface area contributed by atoms with E-state index in [1.807, 2.05) is 0 Å². The summed E-state index contributed by atoms with van der Waals surface area (Å²) in [5.41, 5.74) is 1.08. The molecule has 1 N–H and O–H groups in total. The molecule has 0 aromatic heterocycles. The number of sulfonamides is 1. The van der Waals surface area contributed by atoms with Gasteiger partial charge in [-0.25, -0.2) is 8.42 Å². The first-order valence-corrected chi connectivity index (χ1v) is 11.7. The van der Waals surface area contributed by atoms with Gasteiger partial charge in [-0.2, -0.15) is 0 Å². The number of anilines is 1. The Kier molecular flexibility index (Phi) is 8.15. The number of rotatable bonds is 10. The van der Waals surface area contributed by atoms with Gasteiger partial charge in [0.25, 0.3) is 0 Å². The van der Waals surface area contributed by atoms with Crippen molar-refractivity contribution in [3.8, 4) is 17.2 Å². The highest BCUT2D eigenvalue weighted by Gasteiger charge is 2.32. The zero-order valence-corrected chi connectivity index (χ0v) is 19.5. The van der Waals surface area contributed by atoms with Gasteiger partial charge in [0.1, 0.15) is 23.3 Å². The van der Waals surface area contributed by atoms with E-state index in [1.165, 1.54) is 7.11 Å². The minimum Gasteiger partial charge on any atom is -0.497 e. The van der Waals surface area contributed by atoms with Crippen LogP contribution in [0.4, 0.5) is 5.69 Å². The third kappa shape index (κ3) is 5.81. The number of benzene rings is 2. The van der Waals surface area contributed by atoms with Gasteiger partial charge >= 0.3 is 0 Å². The number of carbonyl (C=O) groups is 1. The van der Waals surface area contributed by atoms with Crippen LogP contribution in [0.2, 0.25) is 0 Å². The molecule has 8 nitrogen and oxygen atoms in total. The van der Waals surface area contributed by atoms with Gasteiger partial charge < -0.3 is 19.5 Å². The zero-order valence-electron chi connectivity index (χ0n) is 18.7. The summed E-state index contributed by atoms with van der Waals surface area (Å²) in [5, 5.41) is 2.91. The zero-order chi connectivity index (χ0) is 23.2. The average Bonchev–Trinajstić information content (AvgIpc) is 2.75. The van der Waals surface area contributed by atoms with E-state index < -0.39 is 28.0 Å². The van der Waals surface area contributed by atoms with Crippen molar-refractivity contribution in [2.75, 3.05) is 31.9 Å². The molecule has 0 heterocycles. The Hall–Kier alpha value is -2.94. The average molecular weight is 451 g/mol. The fourth-order valence-corrected chi connectivity index (χ4v) is 4.58. The second-order valence-electron chi connectivity index (χ2n) is 7.02. The Balaban J connectivity index is 2.38. The first-order valence-electron chi connectivity index (χ1n) is 9.82. The number of hydrogen-bond acceptors (Lipinski definition) is 6. The van der Waals surface area contributed by atoms with Crippen LogP contribution < -0.4 is 23.8 Å². The number of carbonyl (C=O) groups excluding carboxylic acids is 1. The van der Waals surface area contributed by atoms with E-state index in [2.05, 4.69) is 5.32 Å². The Bertz CT molecular complexity index is 1010. The van der Waals surface area contributed by atoms with Gasteiger partial charge in [-0.3, -0.25) is 9.10 Å². The van der Waals surface area contributed by atoms with E-state index in [0.717, 1.165) is 16.1 Å². The normalized spacial score (nSPS) is 13.1. The molecule has 2 atom stereocenters. The topological polar surface area (TPSA) is 94.2 Å². The molecule has 0 aliphatic carbocycles. The van der Waals surface area contributed by atoms with E-state index in [1.54, 1.807) is 70.5 Å². The van der Waals surface area contributed by atoms with Crippen molar-refractivity contribution in [2.24, 2.45) is 0 Å². The van der Waals surface area contributed by atoms with E-state index in [9.17, 15) is 13.2 Å². The van der Waals surface area contributed by atoms with Crippen LogP contribution in [0, 0.1) is 0 Å². The molecule has 0 unspecified atom stereocenters. The Morgan fingerprint density at radius 2 is 1.68 bits per heavy atom. The number of nitrogens with zero attached hydrogens (tertiary/aromatic N) is 1. The summed E-state index contributed by atoms with van der Waals surface area (Å²) in [6.45, 7) is 3.57. The lowest BCUT2D eigenvalue weighted by Gasteiger charge is -2.31. The molecule has 2 aromatic rings. The number of amides is 1. The highest BCUT2D eigenvalue weighted by atomic mass is 32.2. The Morgan fingerprint density at radius 3 is 2.23 bits per heavy atom. The van der Waals surface area contributed by atoms with E-state index in [0.29, 0.717) is 22.9 Å². The smallest absolute Gasteiger partial charge is 0.244 e. The fourth-order valence-electron chi connectivity index (χ4n) is 3.37. The summed E-state index contributed by atoms with van der Waals surface area (Å²) < 4.78 is 42.3. The van der Waals surface area contributed by atoms with Crippen molar-refractivity contribution in [3.05, 3.63) is 48.0 Å². The van der Waals surface area contributed by atoms with Crippen LogP contribution in [-0.2, 0) is 14.8 Å². The highest BCUT2D eigenvalue weighted by molar-refractivity contribution is 7.92. The second-order valence-corrected chi connectivity index (χ2v) is 8.88. The van der Waals surface area contributed by atoms with Crippen LogP contribution in [0.15, 0.2) is 42.5 Å². The van der Waals surface area contributed by atoms with E-state index in [-0.39, 0.29) is 6.42 Å². The molecule has 0 aliphatic rings. The molecule has 0 saturated heterocycles. The summed E-state index contributed by atoms with van der Waals surface area (Å²) in [5.74, 6) is 1.29.